The van der Waals surface area contributed by atoms with Gasteiger partial charge in [-0.2, -0.15) is 0 Å². The fourth-order valence-corrected chi connectivity index (χ4v) is 2.75. The van der Waals surface area contributed by atoms with E-state index in [0.29, 0.717) is 12.1 Å². The van der Waals surface area contributed by atoms with Crippen molar-refractivity contribution in [1.82, 2.24) is 4.90 Å². The van der Waals surface area contributed by atoms with Crippen LogP contribution in [0.2, 0.25) is 0 Å². The summed E-state index contributed by atoms with van der Waals surface area (Å²) in [6, 6.07) is 2.43. The van der Waals surface area contributed by atoms with Crippen molar-refractivity contribution in [3.63, 3.8) is 0 Å². The van der Waals surface area contributed by atoms with Crippen LogP contribution in [-0.2, 0) is 6.42 Å². The van der Waals surface area contributed by atoms with Gasteiger partial charge in [-0.3, -0.25) is 9.69 Å². The average Bonchev–Trinajstić information content (AvgIpc) is 2.44. The molecule has 3 heterocycles. The van der Waals surface area contributed by atoms with Crippen LogP contribution in [0.1, 0.15) is 30.2 Å². The third kappa shape index (κ3) is 0.932. The Balaban J connectivity index is 2.21. The first kappa shape index (κ1) is 8.24. The Bertz CT molecular complexity index is 424. The van der Waals surface area contributed by atoms with Crippen LogP contribution < -0.4 is 5.43 Å². The predicted molar refractivity (Wildman–Crippen MR) is 52.2 cm³/mol. The minimum absolute atomic E-state index is 0.149. The molecule has 74 valence electrons. The van der Waals surface area contributed by atoms with E-state index in [9.17, 15) is 4.79 Å². The van der Waals surface area contributed by atoms with Gasteiger partial charge in [-0.1, -0.05) is 0 Å². The molecule has 0 amide bonds. The Morgan fingerprint density at radius 1 is 1.50 bits per heavy atom. The molecule has 0 aliphatic carbocycles. The van der Waals surface area contributed by atoms with Crippen molar-refractivity contribution in [2.75, 3.05) is 7.05 Å². The summed E-state index contributed by atoms with van der Waals surface area (Å²) in [5.74, 6) is 0.911. The minimum Gasteiger partial charge on any atom is -0.467 e. The second kappa shape index (κ2) is 2.70. The van der Waals surface area contributed by atoms with Crippen LogP contribution in [0, 0.1) is 0 Å². The third-order valence-corrected chi connectivity index (χ3v) is 3.59. The molecule has 1 saturated heterocycles. The first-order chi connectivity index (χ1) is 6.77. The summed E-state index contributed by atoms with van der Waals surface area (Å²) in [5.41, 5.74) is 1.06. The molecule has 0 N–H and O–H groups in total. The molecule has 2 bridgehead atoms. The van der Waals surface area contributed by atoms with Crippen LogP contribution in [0.15, 0.2) is 21.5 Å². The molecule has 1 fully saturated rings. The van der Waals surface area contributed by atoms with Crippen LogP contribution in [0.25, 0.3) is 0 Å². The van der Waals surface area contributed by atoms with Crippen molar-refractivity contribution < 1.29 is 4.42 Å². The Labute approximate surface area is 82.3 Å². The summed E-state index contributed by atoms with van der Waals surface area (Å²) in [4.78, 5) is 13.9. The zero-order chi connectivity index (χ0) is 9.71. The van der Waals surface area contributed by atoms with Gasteiger partial charge in [0.2, 0.25) is 0 Å². The van der Waals surface area contributed by atoms with Crippen LogP contribution in [-0.4, -0.2) is 18.0 Å². The van der Waals surface area contributed by atoms with Gasteiger partial charge in [0, 0.05) is 17.7 Å². The molecule has 1 aromatic rings. The smallest absolute Gasteiger partial charge is 0.188 e. The summed E-state index contributed by atoms with van der Waals surface area (Å²) in [5, 5.41) is 0. The van der Waals surface area contributed by atoms with Gasteiger partial charge in [-0.05, 0) is 26.3 Å². The molecule has 0 unspecified atom stereocenters. The van der Waals surface area contributed by atoms with Gasteiger partial charge >= 0.3 is 0 Å². The van der Waals surface area contributed by atoms with Crippen molar-refractivity contribution in [2.24, 2.45) is 0 Å². The van der Waals surface area contributed by atoms with E-state index in [4.69, 9.17) is 4.42 Å². The molecule has 0 radical (unpaired) electrons. The Morgan fingerprint density at radius 2 is 2.36 bits per heavy atom. The van der Waals surface area contributed by atoms with Gasteiger partial charge in [0.1, 0.15) is 5.76 Å². The highest BCUT2D eigenvalue weighted by atomic mass is 16.3. The molecule has 14 heavy (non-hydrogen) atoms. The molecule has 2 atom stereocenters. The molecule has 0 saturated carbocycles. The normalized spacial score (nSPS) is 30.4. The molecule has 2 aliphatic heterocycles. The number of nitrogens with zero attached hydrogens (tertiary/aromatic N) is 1. The number of fused-ring (bicyclic) bond motifs is 4. The standard InChI is InChI=1S/C11H13NO2/c1-12-7-2-3-9(12)11-8(6-7)10(13)4-5-14-11/h4-5,7,9H,2-3,6H2,1H3/t7-,9+/m1/s1. The van der Waals surface area contributed by atoms with Crippen LogP contribution in [0.3, 0.4) is 0 Å². The van der Waals surface area contributed by atoms with E-state index in [-0.39, 0.29) is 5.43 Å². The van der Waals surface area contributed by atoms with Gasteiger partial charge in [0.25, 0.3) is 0 Å². The van der Waals surface area contributed by atoms with E-state index in [0.717, 1.165) is 24.2 Å². The van der Waals surface area contributed by atoms with E-state index in [2.05, 4.69) is 11.9 Å². The summed E-state index contributed by atoms with van der Waals surface area (Å²) >= 11 is 0. The molecule has 1 aromatic heterocycles. The Morgan fingerprint density at radius 3 is 3.21 bits per heavy atom. The molecular weight excluding hydrogens is 178 g/mol. The Hall–Kier alpha value is -1.09. The highest BCUT2D eigenvalue weighted by molar-refractivity contribution is 5.26. The zero-order valence-corrected chi connectivity index (χ0v) is 8.19. The number of rotatable bonds is 0. The van der Waals surface area contributed by atoms with Crippen molar-refractivity contribution in [3.8, 4) is 0 Å². The summed E-state index contributed by atoms with van der Waals surface area (Å²) < 4.78 is 5.49. The molecule has 0 spiro atoms. The lowest BCUT2D eigenvalue weighted by atomic mass is 10.00. The highest BCUT2D eigenvalue weighted by Gasteiger charge is 2.39. The Kier molecular flexibility index (Phi) is 1.59. The largest absolute Gasteiger partial charge is 0.467 e. The highest BCUT2D eigenvalue weighted by Crippen LogP contribution is 2.41. The van der Waals surface area contributed by atoms with Gasteiger partial charge in [-0.15, -0.1) is 0 Å². The molecule has 3 nitrogen and oxygen atoms in total. The number of hydrogen-bond donors (Lipinski definition) is 0. The van der Waals surface area contributed by atoms with Gasteiger partial charge in [0.15, 0.2) is 5.43 Å². The van der Waals surface area contributed by atoms with Crippen molar-refractivity contribution in [2.45, 2.75) is 31.3 Å². The van der Waals surface area contributed by atoms with Gasteiger partial charge in [0.05, 0.1) is 12.3 Å². The number of hydrogen-bond acceptors (Lipinski definition) is 3. The number of likely N-dealkylation sites (N-methyl/N-ethyl adjacent to an activating group) is 1. The van der Waals surface area contributed by atoms with Crippen molar-refractivity contribution in [1.29, 1.82) is 0 Å². The van der Waals surface area contributed by atoms with Gasteiger partial charge in [-0.25, -0.2) is 0 Å². The third-order valence-electron chi connectivity index (χ3n) is 3.59. The maximum Gasteiger partial charge on any atom is 0.188 e. The lowest BCUT2D eigenvalue weighted by molar-refractivity contribution is 0.192. The lowest BCUT2D eigenvalue weighted by Gasteiger charge is -2.30. The van der Waals surface area contributed by atoms with E-state index in [1.807, 2.05) is 0 Å². The maximum absolute atomic E-state index is 11.6. The summed E-state index contributed by atoms with van der Waals surface area (Å²) in [6.07, 6.45) is 4.70. The molecule has 3 rings (SSSR count). The maximum atomic E-state index is 11.6. The van der Waals surface area contributed by atoms with Crippen molar-refractivity contribution in [3.05, 3.63) is 33.9 Å². The summed E-state index contributed by atoms with van der Waals surface area (Å²) in [7, 11) is 2.12. The summed E-state index contributed by atoms with van der Waals surface area (Å²) in [6.45, 7) is 0. The lowest BCUT2D eigenvalue weighted by Crippen LogP contribution is -2.36. The van der Waals surface area contributed by atoms with Crippen molar-refractivity contribution >= 4 is 0 Å². The fourth-order valence-electron chi connectivity index (χ4n) is 2.75. The first-order valence-electron chi connectivity index (χ1n) is 5.10. The van der Waals surface area contributed by atoms with Gasteiger partial charge < -0.3 is 4.42 Å². The average molecular weight is 191 g/mol. The quantitative estimate of drug-likeness (QED) is 0.620. The second-order valence-corrected chi connectivity index (χ2v) is 4.24. The van der Waals surface area contributed by atoms with Crippen LogP contribution >= 0.6 is 0 Å². The SMILES string of the molecule is CN1[C@@H]2CC[C@H]1c1occc(=O)c1C2. The predicted octanol–water partition coefficient (Wildman–Crippen LogP) is 1.33. The minimum atomic E-state index is 0.149. The molecule has 0 aromatic carbocycles. The topological polar surface area (TPSA) is 33.5 Å². The monoisotopic (exact) mass is 191 g/mol. The molecule has 3 heteroatoms. The van der Waals surface area contributed by atoms with E-state index in [1.54, 1.807) is 0 Å². The first-order valence-corrected chi connectivity index (χ1v) is 5.10. The zero-order valence-electron chi connectivity index (χ0n) is 8.19. The van der Waals surface area contributed by atoms with E-state index >= 15 is 0 Å². The van der Waals surface area contributed by atoms with Crippen LogP contribution in [0.4, 0.5) is 0 Å². The molecular formula is C11H13NO2. The fraction of sp³-hybridized carbons (Fsp3) is 0.545. The van der Waals surface area contributed by atoms with E-state index in [1.165, 1.54) is 18.8 Å². The molecule has 2 aliphatic rings. The second-order valence-electron chi connectivity index (χ2n) is 4.24. The van der Waals surface area contributed by atoms with Crippen LogP contribution in [0.5, 0.6) is 0 Å². The van der Waals surface area contributed by atoms with E-state index < -0.39 is 0 Å².